The van der Waals surface area contributed by atoms with Gasteiger partial charge in [-0.2, -0.15) is 0 Å². The molecule has 1 aromatic heterocycles. The number of ether oxygens (including phenoxy) is 2. The lowest BCUT2D eigenvalue weighted by atomic mass is 10.00. The Labute approximate surface area is 200 Å². The molecule has 34 heavy (non-hydrogen) atoms. The van der Waals surface area contributed by atoms with Crippen molar-refractivity contribution in [3.05, 3.63) is 77.7 Å². The Hall–Kier alpha value is -3.04. The van der Waals surface area contributed by atoms with Crippen LogP contribution in [0, 0.1) is 0 Å². The third kappa shape index (κ3) is 5.90. The van der Waals surface area contributed by atoms with Gasteiger partial charge in [-0.25, -0.2) is 4.98 Å². The van der Waals surface area contributed by atoms with Crippen molar-refractivity contribution in [3.8, 4) is 5.75 Å². The van der Waals surface area contributed by atoms with E-state index in [0.717, 1.165) is 36.5 Å². The normalized spacial score (nSPS) is 17.9. The molecule has 3 heterocycles. The number of rotatable bonds is 6. The molecule has 0 amide bonds. The Balaban J connectivity index is 1.13. The fraction of sp³-hybridized carbons (Fsp3) is 0.385. The van der Waals surface area contributed by atoms with Crippen molar-refractivity contribution in [2.24, 2.45) is 0 Å². The second kappa shape index (κ2) is 10.9. The highest BCUT2D eigenvalue weighted by atomic mass is 16.5. The number of hydrogen-bond donors (Lipinski definition) is 2. The van der Waals surface area contributed by atoms with E-state index in [4.69, 9.17) is 9.47 Å². The third-order valence-electron chi connectivity index (χ3n) is 6.24. The number of benzene rings is 2. The molecule has 2 aliphatic heterocycles. The first-order chi connectivity index (χ1) is 16.7. The first-order valence-electron chi connectivity index (χ1n) is 11.8. The van der Waals surface area contributed by atoms with E-state index in [1.54, 1.807) is 18.6 Å². The van der Waals surface area contributed by atoms with E-state index in [9.17, 15) is 5.11 Å². The van der Waals surface area contributed by atoms with Crippen LogP contribution in [0.25, 0.3) is 0 Å². The van der Waals surface area contributed by atoms with E-state index in [1.165, 1.54) is 11.1 Å². The van der Waals surface area contributed by atoms with Crippen molar-refractivity contribution in [1.29, 1.82) is 0 Å². The number of β-amino-alcohol motifs (C(OH)–C–C–N with tert-alkyl or cyclic N) is 1. The minimum atomic E-state index is -0.445. The molecule has 2 aliphatic rings. The van der Waals surface area contributed by atoms with Crippen LogP contribution in [0.5, 0.6) is 5.75 Å². The number of fused-ring (bicyclic) bond motifs is 2. The average Bonchev–Trinajstić information content (AvgIpc) is 2.94. The van der Waals surface area contributed by atoms with Crippen LogP contribution in [0.3, 0.4) is 0 Å². The van der Waals surface area contributed by atoms with Crippen molar-refractivity contribution in [3.63, 3.8) is 0 Å². The minimum absolute atomic E-state index is 0.431. The lowest BCUT2D eigenvalue weighted by molar-refractivity contribution is -0.0118. The molecule has 0 unspecified atom stereocenters. The fourth-order valence-corrected chi connectivity index (χ4v) is 4.56. The Bertz CT molecular complexity index is 1080. The van der Waals surface area contributed by atoms with Crippen molar-refractivity contribution in [2.75, 3.05) is 44.8 Å². The van der Waals surface area contributed by atoms with E-state index in [-0.39, 0.29) is 0 Å². The summed E-state index contributed by atoms with van der Waals surface area (Å²) >= 11 is 0. The van der Waals surface area contributed by atoms with Gasteiger partial charge in [0.15, 0.2) is 0 Å². The molecule has 8 heteroatoms. The summed E-state index contributed by atoms with van der Waals surface area (Å²) < 4.78 is 12.0. The molecule has 0 spiro atoms. The topological polar surface area (TPSA) is 83.0 Å². The van der Waals surface area contributed by atoms with Crippen molar-refractivity contribution in [1.82, 2.24) is 19.8 Å². The van der Waals surface area contributed by atoms with Gasteiger partial charge in [0.2, 0.25) is 0 Å². The number of anilines is 2. The zero-order valence-electron chi connectivity index (χ0n) is 19.3. The van der Waals surface area contributed by atoms with Crippen LogP contribution < -0.4 is 10.1 Å². The van der Waals surface area contributed by atoms with Gasteiger partial charge in [0.25, 0.3) is 0 Å². The monoisotopic (exact) mass is 461 g/mol. The number of aromatic nitrogens is 2. The third-order valence-corrected chi connectivity index (χ3v) is 6.24. The van der Waals surface area contributed by atoms with Gasteiger partial charge in [0.1, 0.15) is 18.2 Å². The van der Waals surface area contributed by atoms with Crippen LogP contribution in [0.2, 0.25) is 0 Å². The van der Waals surface area contributed by atoms with Crippen molar-refractivity contribution < 1.29 is 14.6 Å². The number of aliphatic hydroxyl groups is 1. The zero-order chi connectivity index (χ0) is 23.2. The predicted octanol–water partition coefficient (Wildman–Crippen LogP) is 2.81. The maximum Gasteiger partial charge on any atom is 0.148 e. The highest BCUT2D eigenvalue weighted by molar-refractivity contribution is 5.58. The van der Waals surface area contributed by atoms with Crippen LogP contribution in [0.1, 0.15) is 16.7 Å². The number of nitrogens with one attached hydrogen (secondary N) is 1. The summed E-state index contributed by atoms with van der Waals surface area (Å²) in [5, 5.41) is 14.0. The van der Waals surface area contributed by atoms with Gasteiger partial charge >= 0.3 is 0 Å². The van der Waals surface area contributed by atoms with Crippen molar-refractivity contribution >= 4 is 11.5 Å². The molecule has 0 fully saturated rings. The lowest BCUT2D eigenvalue weighted by Gasteiger charge is -2.32. The van der Waals surface area contributed by atoms with Gasteiger partial charge in [-0.1, -0.05) is 24.3 Å². The molecule has 178 valence electrons. The van der Waals surface area contributed by atoms with Crippen LogP contribution in [0.4, 0.5) is 11.5 Å². The van der Waals surface area contributed by atoms with Crippen LogP contribution in [0.15, 0.2) is 61.1 Å². The van der Waals surface area contributed by atoms with Crippen LogP contribution >= 0.6 is 0 Å². The molecule has 5 rings (SSSR count). The van der Waals surface area contributed by atoms with E-state index in [0.29, 0.717) is 45.4 Å². The molecule has 0 bridgehead atoms. The molecule has 0 saturated heterocycles. The Morgan fingerprint density at radius 3 is 2.76 bits per heavy atom. The molecule has 0 saturated carbocycles. The van der Waals surface area contributed by atoms with E-state index >= 15 is 0 Å². The number of nitrogens with zero attached hydrogens (tertiary/aromatic N) is 4. The maximum absolute atomic E-state index is 10.8. The molecule has 8 nitrogen and oxygen atoms in total. The largest absolute Gasteiger partial charge is 0.492 e. The first-order valence-corrected chi connectivity index (χ1v) is 11.8. The average molecular weight is 462 g/mol. The fourth-order valence-electron chi connectivity index (χ4n) is 4.56. The SMILES string of the molecule is O[C@@H](CN1CCOc2ccc(Nc3cnccn3)cc2COC1)CN1CCc2ccccc2C1. The van der Waals surface area contributed by atoms with E-state index < -0.39 is 6.10 Å². The molecule has 1 atom stereocenters. The summed E-state index contributed by atoms with van der Waals surface area (Å²) in [5.74, 6) is 1.50. The summed E-state index contributed by atoms with van der Waals surface area (Å²) in [6.07, 6.45) is 5.57. The molecule has 2 aromatic carbocycles. The minimum Gasteiger partial charge on any atom is -0.492 e. The van der Waals surface area contributed by atoms with Gasteiger partial charge in [0, 0.05) is 56.4 Å². The van der Waals surface area contributed by atoms with Crippen molar-refractivity contribution in [2.45, 2.75) is 25.7 Å². The summed E-state index contributed by atoms with van der Waals surface area (Å²) in [7, 11) is 0. The second-order valence-corrected chi connectivity index (χ2v) is 8.85. The standard InChI is InChI=1S/C26H31N5O3/c32-24(16-30-10-7-20-3-1-2-4-21(20)15-30)17-31-11-12-34-25-6-5-23(13-22(25)18-33-19-31)29-26-14-27-8-9-28-26/h1-6,8-9,13-14,24,32H,7,10-12,15-19H2,(H,28,29)/t24-/m1/s1. The Kier molecular flexibility index (Phi) is 7.31. The molecule has 2 N–H and O–H groups in total. The lowest BCUT2D eigenvalue weighted by Crippen LogP contribution is -2.43. The van der Waals surface area contributed by atoms with E-state index in [1.807, 2.05) is 18.2 Å². The van der Waals surface area contributed by atoms with Crippen LogP contribution in [-0.4, -0.2) is 70.5 Å². The first kappa shape index (κ1) is 22.7. The quantitative estimate of drug-likeness (QED) is 0.580. The van der Waals surface area contributed by atoms with Gasteiger partial charge in [-0.15, -0.1) is 0 Å². The molecular weight excluding hydrogens is 430 g/mol. The van der Waals surface area contributed by atoms with Crippen LogP contribution in [-0.2, 0) is 24.3 Å². The summed E-state index contributed by atoms with van der Waals surface area (Å²) in [6, 6.07) is 14.5. The molecule has 3 aromatic rings. The molecular formula is C26H31N5O3. The Morgan fingerprint density at radius 1 is 1.00 bits per heavy atom. The smallest absolute Gasteiger partial charge is 0.148 e. The number of aliphatic hydroxyl groups excluding tert-OH is 1. The highest BCUT2D eigenvalue weighted by Crippen LogP contribution is 2.26. The summed E-state index contributed by atoms with van der Waals surface area (Å²) in [5.41, 5.74) is 4.67. The maximum atomic E-state index is 10.8. The van der Waals surface area contributed by atoms with Gasteiger partial charge in [-0.05, 0) is 35.7 Å². The van der Waals surface area contributed by atoms with Gasteiger partial charge in [-0.3, -0.25) is 14.8 Å². The second-order valence-electron chi connectivity index (χ2n) is 8.85. The van der Waals surface area contributed by atoms with E-state index in [2.05, 4.69) is 49.4 Å². The van der Waals surface area contributed by atoms with Gasteiger partial charge < -0.3 is 19.9 Å². The molecule has 0 radical (unpaired) electrons. The Morgan fingerprint density at radius 2 is 1.88 bits per heavy atom. The predicted molar refractivity (Wildman–Crippen MR) is 130 cm³/mol. The highest BCUT2D eigenvalue weighted by Gasteiger charge is 2.21. The number of hydrogen-bond acceptors (Lipinski definition) is 8. The summed E-state index contributed by atoms with van der Waals surface area (Å²) in [6.45, 7) is 5.20. The molecule has 0 aliphatic carbocycles. The zero-order valence-corrected chi connectivity index (χ0v) is 19.3. The van der Waals surface area contributed by atoms with Gasteiger partial charge in [0.05, 0.1) is 25.6 Å². The summed E-state index contributed by atoms with van der Waals surface area (Å²) in [4.78, 5) is 12.8.